The molecular weight excluding hydrogens is 414 g/mol. The van der Waals surface area contributed by atoms with Gasteiger partial charge >= 0.3 is 0 Å². The second-order valence-electron chi connectivity index (χ2n) is 6.98. The second-order valence-corrected chi connectivity index (χ2v) is 7.99. The summed E-state index contributed by atoms with van der Waals surface area (Å²) in [6.07, 6.45) is 0. The third-order valence-corrected chi connectivity index (χ3v) is 5.44. The Labute approximate surface area is 182 Å². The second kappa shape index (κ2) is 8.49. The topological polar surface area (TPSA) is 113 Å². The lowest BCUT2D eigenvalue weighted by molar-refractivity contribution is 0.102. The van der Waals surface area contributed by atoms with E-state index in [0.29, 0.717) is 15.6 Å². The number of aromatic hydroxyl groups is 2. The van der Waals surface area contributed by atoms with Crippen molar-refractivity contribution in [3.05, 3.63) is 77.4 Å². The fraction of sp³-hybridized carbons (Fsp3) is 0.0909. The average Bonchev–Trinajstić information content (AvgIpc) is 3.19. The van der Waals surface area contributed by atoms with E-state index in [1.165, 1.54) is 16.8 Å². The highest BCUT2D eigenvalue weighted by Gasteiger charge is 2.17. The van der Waals surface area contributed by atoms with Gasteiger partial charge in [0.1, 0.15) is 11.5 Å². The number of aryl methyl sites for hydroxylation is 2. The molecule has 4 rings (SSSR count). The van der Waals surface area contributed by atoms with Crippen LogP contribution in [0.4, 0.5) is 5.69 Å². The molecule has 31 heavy (non-hydrogen) atoms. The number of aromatic nitrogens is 4. The SMILES string of the molecule is Cc1cc(C)cc(C(=O)Nc2cc(O)c(Sc3nnnn3-c3ccccc3)cc2O)c1. The Morgan fingerprint density at radius 2 is 1.68 bits per heavy atom. The molecule has 0 aliphatic rings. The smallest absolute Gasteiger partial charge is 0.255 e. The van der Waals surface area contributed by atoms with Gasteiger partial charge in [0.25, 0.3) is 5.91 Å². The van der Waals surface area contributed by atoms with Crippen LogP contribution in [0, 0.1) is 13.8 Å². The molecule has 4 aromatic rings. The fourth-order valence-electron chi connectivity index (χ4n) is 3.11. The minimum absolute atomic E-state index is 0.105. The number of hydrogen-bond donors (Lipinski definition) is 3. The molecule has 0 unspecified atom stereocenters. The van der Waals surface area contributed by atoms with Crippen LogP contribution in [-0.4, -0.2) is 36.3 Å². The zero-order chi connectivity index (χ0) is 22.0. The zero-order valence-corrected chi connectivity index (χ0v) is 17.6. The summed E-state index contributed by atoms with van der Waals surface area (Å²) in [6, 6.07) is 17.5. The normalized spacial score (nSPS) is 10.8. The Morgan fingerprint density at radius 3 is 2.39 bits per heavy atom. The molecule has 3 N–H and O–H groups in total. The maximum absolute atomic E-state index is 12.6. The maximum Gasteiger partial charge on any atom is 0.255 e. The van der Waals surface area contributed by atoms with Crippen LogP contribution in [0.25, 0.3) is 5.69 Å². The van der Waals surface area contributed by atoms with Crippen molar-refractivity contribution in [1.29, 1.82) is 0 Å². The predicted molar refractivity (Wildman–Crippen MR) is 117 cm³/mol. The Kier molecular flexibility index (Phi) is 5.59. The average molecular weight is 433 g/mol. The first kappa shape index (κ1) is 20.4. The fourth-order valence-corrected chi connectivity index (χ4v) is 3.95. The minimum Gasteiger partial charge on any atom is -0.507 e. The van der Waals surface area contributed by atoms with Gasteiger partial charge in [-0.1, -0.05) is 35.4 Å². The molecule has 0 atom stereocenters. The van der Waals surface area contributed by atoms with Crippen LogP contribution in [0.15, 0.2) is 70.7 Å². The standard InChI is InChI=1S/C22H19N5O3S/c1-13-8-14(2)10-15(9-13)21(30)23-17-11-19(29)20(12-18(17)28)31-22-24-25-26-27(22)16-6-4-3-5-7-16/h3-12,28-29H,1-2H3,(H,23,30). The summed E-state index contributed by atoms with van der Waals surface area (Å²) in [5.41, 5.74) is 3.25. The van der Waals surface area contributed by atoms with Gasteiger partial charge in [-0.15, -0.1) is 5.10 Å². The van der Waals surface area contributed by atoms with E-state index in [9.17, 15) is 15.0 Å². The molecular formula is C22H19N5O3S. The van der Waals surface area contributed by atoms with Crippen LogP contribution in [0.1, 0.15) is 21.5 Å². The van der Waals surface area contributed by atoms with Gasteiger partial charge in [-0.3, -0.25) is 4.79 Å². The highest BCUT2D eigenvalue weighted by atomic mass is 32.2. The highest BCUT2D eigenvalue weighted by molar-refractivity contribution is 7.99. The minimum atomic E-state index is -0.380. The Balaban J connectivity index is 1.57. The van der Waals surface area contributed by atoms with Crippen molar-refractivity contribution in [3.8, 4) is 17.2 Å². The van der Waals surface area contributed by atoms with Crippen molar-refractivity contribution in [1.82, 2.24) is 20.2 Å². The molecule has 0 bridgehead atoms. The van der Waals surface area contributed by atoms with Crippen molar-refractivity contribution >= 4 is 23.4 Å². The van der Waals surface area contributed by atoms with E-state index in [1.807, 2.05) is 50.2 Å². The van der Waals surface area contributed by atoms with Crippen molar-refractivity contribution in [2.24, 2.45) is 0 Å². The molecule has 1 heterocycles. The van der Waals surface area contributed by atoms with Gasteiger partial charge in [-0.25, -0.2) is 0 Å². The van der Waals surface area contributed by atoms with Crippen molar-refractivity contribution in [2.45, 2.75) is 23.9 Å². The van der Waals surface area contributed by atoms with E-state index in [0.717, 1.165) is 28.6 Å². The number of hydrogen-bond acceptors (Lipinski definition) is 7. The first-order valence-electron chi connectivity index (χ1n) is 9.38. The lowest BCUT2D eigenvalue weighted by atomic mass is 10.1. The number of phenolic OH excluding ortho intramolecular Hbond substituents is 2. The summed E-state index contributed by atoms with van der Waals surface area (Å²) in [7, 11) is 0. The van der Waals surface area contributed by atoms with Gasteiger partial charge in [-0.2, -0.15) is 4.68 Å². The van der Waals surface area contributed by atoms with Crippen LogP contribution in [0.5, 0.6) is 11.5 Å². The summed E-state index contributed by atoms with van der Waals surface area (Å²) in [4.78, 5) is 12.9. The van der Waals surface area contributed by atoms with Crippen LogP contribution < -0.4 is 5.32 Å². The van der Waals surface area contributed by atoms with Crippen LogP contribution in [-0.2, 0) is 0 Å². The third-order valence-electron chi connectivity index (χ3n) is 4.45. The number of tetrazole rings is 1. The predicted octanol–water partition coefficient (Wildman–Crippen LogP) is 4.09. The van der Waals surface area contributed by atoms with Crippen LogP contribution in [0.3, 0.4) is 0 Å². The first-order valence-corrected chi connectivity index (χ1v) is 10.2. The molecule has 0 saturated carbocycles. The zero-order valence-electron chi connectivity index (χ0n) is 16.8. The monoisotopic (exact) mass is 433 g/mol. The van der Waals surface area contributed by atoms with Gasteiger partial charge in [0, 0.05) is 11.6 Å². The largest absolute Gasteiger partial charge is 0.507 e. The molecule has 0 spiro atoms. The number of amides is 1. The summed E-state index contributed by atoms with van der Waals surface area (Å²) in [6.45, 7) is 3.81. The number of rotatable bonds is 5. The summed E-state index contributed by atoms with van der Waals surface area (Å²) in [5, 5.41) is 35.6. The Morgan fingerprint density at radius 1 is 0.968 bits per heavy atom. The number of nitrogens with one attached hydrogen (secondary N) is 1. The number of carbonyl (C=O) groups excluding carboxylic acids is 1. The van der Waals surface area contributed by atoms with Crippen molar-refractivity contribution in [3.63, 3.8) is 0 Å². The Bertz CT molecular complexity index is 1240. The summed E-state index contributed by atoms with van der Waals surface area (Å²) < 4.78 is 1.52. The number of para-hydroxylation sites is 1. The third kappa shape index (κ3) is 4.51. The van der Waals surface area contributed by atoms with Gasteiger partial charge < -0.3 is 15.5 Å². The summed E-state index contributed by atoms with van der Waals surface area (Å²) in [5.74, 6) is -0.687. The number of phenols is 2. The summed E-state index contributed by atoms with van der Waals surface area (Å²) >= 11 is 1.09. The molecule has 0 fully saturated rings. The van der Waals surface area contributed by atoms with Crippen LogP contribution >= 0.6 is 11.8 Å². The van der Waals surface area contributed by atoms with E-state index in [-0.39, 0.29) is 23.1 Å². The molecule has 1 amide bonds. The van der Waals surface area contributed by atoms with E-state index < -0.39 is 0 Å². The van der Waals surface area contributed by atoms with E-state index in [1.54, 1.807) is 12.1 Å². The van der Waals surface area contributed by atoms with E-state index >= 15 is 0 Å². The van der Waals surface area contributed by atoms with E-state index in [4.69, 9.17) is 0 Å². The van der Waals surface area contributed by atoms with Gasteiger partial charge in [0.05, 0.1) is 16.3 Å². The molecule has 9 heteroatoms. The van der Waals surface area contributed by atoms with Gasteiger partial charge in [-0.05, 0) is 66.4 Å². The quantitative estimate of drug-likeness (QED) is 0.321. The maximum atomic E-state index is 12.6. The number of nitrogens with zero attached hydrogens (tertiary/aromatic N) is 4. The molecule has 3 aromatic carbocycles. The number of benzene rings is 3. The molecule has 0 aliphatic carbocycles. The molecule has 0 radical (unpaired) electrons. The first-order chi connectivity index (χ1) is 14.9. The molecule has 0 saturated heterocycles. The van der Waals surface area contributed by atoms with Crippen LogP contribution in [0.2, 0.25) is 0 Å². The highest BCUT2D eigenvalue weighted by Crippen LogP contribution is 2.40. The van der Waals surface area contributed by atoms with Crippen molar-refractivity contribution < 1.29 is 15.0 Å². The lowest BCUT2D eigenvalue weighted by Crippen LogP contribution is -2.12. The molecule has 0 aliphatic heterocycles. The molecule has 8 nitrogen and oxygen atoms in total. The van der Waals surface area contributed by atoms with Gasteiger partial charge in [0.2, 0.25) is 5.16 Å². The molecule has 1 aromatic heterocycles. The number of carbonyl (C=O) groups is 1. The van der Waals surface area contributed by atoms with Gasteiger partial charge in [0.15, 0.2) is 0 Å². The van der Waals surface area contributed by atoms with Crippen molar-refractivity contribution in [2.75, 3.05) is 5.32 Å². The number of anilines is 1. The lowest BCUT2D eigenvalue weighted by Gasteiger charge is -2.12. The Hall–Kier alpha value is -3.85. The van der Waals surface area contributed by atoms with E-state index in [2.05, 4.69) is 20.8 Å². The molecule has 156 valence electrons.